The number of hydrogen-bond acceptors (Lipinski definition) is 1. The van der Waals surface area contributed by atoms with Crippen molar-refractivity contribution in [2.45, 2.75) is 12.8 Å². The molecule has 92 valence electrons. The second kappa shape index (κ2) is 16.8. The first-order valence-electron chi connectivity index (χ1n) is 4.32. The molecule has 0 fully saturated rings. The fraction of sp³-hybridized carbons (Fsp3) is 0.300. The van der Waals surface area contributed by atoms with Crippen molar-refractivity contribution in [1.82, 2.24) is 0 Å². The van der Waals surface area contributed by atoms with Crippen LogP contribution in [0.3, 0.4) is 0 Å². The molecule has 0 heterocycles. The summed E-state index contributed by atoms with van der Waals surface area (Å²) in [5, 5.41) is 2.75. The van der Waals surface area contributed by atoms with Crippen molar-refractivity contribution >= 4 is 11.6 Å². The van der Waals surface area contributed by atoms with E-state index in [4.69, 9.17) is 5.73 Å². The quantitative estimate of drug-likeness (QED) is 0.804. The third-order valence-corrected chi connectivity index (χ3v) is 1.64. The van der Waals surface area contributed by atoms with Crippen LogP contribution < -0.4 is 5.32 Å². The molecule has 0 bridgehead atoms. The van der Waals surface area contributed by atoms with Gasteiger partial charge in [-0.15, -0.1) is 0 Å². The van der Waals surface area contributed by atoms with Crippen LogP contribution in [0.4, 0.5) is 5.69 Å². The second-order valence-corrected chi connectivity index (χ2v) is 2.77. The molecule has 2 radical (unpaired) electrons. The number of anilines is 1. The largest absolute Gasteiger partial charge is 0.677 e. The third kappa shape index (κ3) is 13.0. The first kappa shape index (κ1) is 26.4. The first-order chi connectivity index (χ1) is 6.33. The van der Waals surface area contributed by atoms with Gasteiger partial charge in [0.05, 0.1) is 0 Å². The van der Waals surface area contributed by atoms with Gasteiger partial charge in [-0.25, -0.2) is 0 Å². The Morgan fingerprint density at radius 2 is 1.65 bits per heavy atom. The van der Waals surface area contributed by atoms with E-state index < -0.39 is 0 Å². The standard InChI is InChI=1S/C10H13N2O.2H2O.2Y/c11-8-4-7-10(13)12-9-5-2-1-3-6-9;;;;/h1-3,5-6,11H,4,7-8H2,(H,12,13);2*1H2;;/q-1;;;;. The molecule has 6 N–H and O–H groups in total. The summed E-state index contributed by atoms with van der Waals surface area (Å²) >= 11 is 0. The molecular weight excluding hydrogens is 374 g/mol. The summed E-state index contributed by atoms with van der Waals surface area (Å²) in [6.07, 6.45) is 1.05. The van der Waals surface area contributed by atoms with Crippen LogP contribution in [-0.2, 0) is 70.2 Å². The molecule has 1 rings (SSSR count). The van der Waals surface area contributed by atoms with E-state index in [1.165, 1.54) is 0 Å². The molecule has 1 amide bonds. The van der Waals surface area contributed by atoms with Crippen LogP contribution in [0.2, 0.25) is 0 Å². The summed E-state index contributed by atoms with van der Waals surface area (Å²) in [4.78, 5) is 11.2. The van der Waals surface area contributed by atoms with Gasteiger partial charge in [-0.2, -0.15) is 6.54 Å². The maximum Gasteiger partial charge on any atom is 0.224 e. The van der Waals surface area contributed by atoms with Gasteiger partial charge in [-0.1, -0.05) is 24.6 Å². The number of rotatable bonds is 4. The van der Waals surface area contributed by atoms with Gasteiger partial charge in [-0.05, 0) is 12.1 Å². The molecule has 0 saturated carbocycles. The Bertz CT molecular complexity index is 274. The van der Waals surface area contributed by atoms with Crippen LogP contribution >= 0.6 is 0 Å². The number of benzene rings is 1. The molecule has 0 aliphatic carbocycles. The van der Waals surface area contributed by atoms with Crippen LogP contribution in [0, 0.1) is 0 Å². The van der Waals surface area contributed by atoms with Crippen molar-refractivity contribution in [3.8, 4) is 0 Å². The van der Waals surface area contributed by atoms with Gasteiger partial charge in [-0.3, -0.25) is 4.79 Å². The summed E-state index contributed by atoms with van der Waals surface area (Å²) in [5.74, 6) is -0.0153. The van der Waals surface area contributed by atoms with Gasteiger partial charge in [0.1, 0.15) is 0 Å². The summed E-state index contributed by atoms with van der Waals surface area (Å²) in [7, 11) is 0. The average molecular weight is 391 g/mol. The molecule has 0 spiro atoms. The van der Waals surface area contributed by atoms with Crippen LogP contribution in [0.1, 0.15) is 12.8 Å². The first-order valence-corrected chi connectivity index (χ1v) is 4.32. The number of hydrogen-bond donors (Lipinski definition) is 1. The molecule has 17 heavy (non-hydrogen) atoms. The molecule has 0 aromatic heterocycles. The van der Waals surface area contributed by atoms with Gasteiger partial charge in [0, 0.05) is 77.5 Å². The van der Waals surface area contributed by atoms with Gasteiger partial charge in [0.2, 0.25) is 5.91 Å². The Hall–Kier alpha value is 0.778. The van der Waals surface area contributed by atoms with Crippen molar-refractivity contribution in [3.63, 3.8) is 0 Å². The number of amides is 1. The molecular formula is C10H17N2O3Y2-. The van der Waals surface area contributed by atoms with Crippen LogP contribution in [0.15, 0.2) is 30.3 Å². The number of carbonyl (C=O) groups is 1. The maximum absolute atomic E-state index is 11.2. The molecule has 1 aromatic rings. The van der Waals surface area contributed by atoms with Crippen molar-refractivity contribution < 1.29 is 81.2 Å². The van der Waals surface area contributed by atoms with Crippen molar-refractivity contribution in [2.75, 3.05) is 11.9 Å². The minimum Gasteiger partial charge on any atom is -0.677 e. The summed E-state index contributed by atoms with van der Waals surface area (Å²) < 4.78 is 0. The second-order valence-electron chi connectivity index (χ2n) is 2.77. The Labute approximate surface area is 152 Å². The molecule has 1 aromatic carbocycles. The van der Waals surface area contributed by atoms with Crippen LogP contribution in [-0.4, -0.2) is 23.4 Å². The monoisotopic (exact) mass is 391 g/mol. The topological polar surface area (TPSA) is 116 Å². The SMILES string of the molecule is O.O.[NH-]CCCC(=O)Nc1ccccc1.[Y].[Y]. The third-order valence-electron chi connectivity index (χ3n) is 1.64. The van der Waals surface area contributed by atoms with E-state index in [9.17, 15) is 4.79 Å². The van der Waals surface area contributed by atoms with Crippen molar-refractivity contribution in [2.24, 2.45) is 0 Å². The van der Waals surface area contributed by atoms with Gasteiger partial charge < -0.3 is 22.0 Å². The number of carbonyl (C=O) groups excluding carboxylic acids is 1. The summed E-state index contributed by atoms with van der Waals surface area (Å²) in [6.45, 7) is 0.308. The zero-order valence-electron chi connectivity index (χ0n) is 9.57. The molecule has 0 aliphatic rings. The normalized spacial score (nSPS) is 7.35. The zero-order chi connectivity index (χ0) is 9.52. The zero-order valence-corrected chi connectivity index (χ0v) is 15.2. The Morgan fingerprint density at radius 1 is 1.12 bits per heavy atom. The van der Waals surface area contributed by atoms with E-state index in [-0.39, 0.29) is 82.3 Å². The van der Waals surface area contributed by atoms with Gasteiger partial charge >= 0.3 is 0 Å². The van der Waals surface area contributed by atoms with Crippen molar-refractivity contribution in [1.29, 1.82) is 0 Å². The smallest absolute Gasteiger partial charge is 0.224 e. The fourth-order valence-electron chi connectivity index (χ4n) is 0.994. The number of para-hydroxylation sites is 1. The molecule has 0 aliphatic heterocycles. The van der Waals surface area contributed by atoms with E-state index in [0.717, 1.165) is 5.69 Å². The predicted octanol–water partition coefficient (Wildman–Crippen LogP) is 0.803. The molecule has 5 nitrogen and oxygen atoms in total. The van der Waals surface area contributed by atoms with Gasteiger partial charge in [0.25, 0.3) is 0 Å². The van der Waals surface area contributed by atoms with E-state index in [1.54, 1.807) is 0 Å². The molecule has 0 atom stereocenters. The average Bonchev–Trinajstić information content (AvgIpc) is 2.16. The maximum atomic E-state index is 11.2. The van der Waals surface area contributed by atoms with Gasteiger partial charge in [0.15, 0.2) is 0 Å². The number of nitrogens with one attached hydrogen (secondary N) is 2. The summed E-state index contributed by atoms with van der Waals surface area (Å²) in [6, 6.07) is 9.34. The Kier molecular flexibility index (Phi) is 26.0. The Balaban J connectivity index is -0.000000211. The van der Waals surface area contributed by atoms with Crippen molar-refractivity contribution in [3.05, 3.63) is 36.1 Å². The Morgan fingerprint density at radius 3 is 2.12 bits per heavy atom. The molecule has 7 heteroatoms. The minimum absolute atomic E-state index is 0. The van der Waals surface area contributed by atoms with Crippen LogP contribution in [0.25, 0.3) is 5.73 Å². The molecule has 0 unspecified atom stereocenters. The fourth-order valence-corrected chi connectivity index (χ4v) is 0.994. The molecule has 0 saturated heterocycles. The van der Waals surface area contributed by atoms with Crippen LogP contribution in [0.5, 0.6) is 0 Å². The minimum atomic E-state index is -0.0153. The van der Waals surface area contributed by atoms with E-state index in [1.807, 2.05) is 30.3 Å². The van der Waals surface area contributed by atoms with E-state index >= 15 is 0 Å². The van der Waals surface area contributed by atoms with E-state index in [0.29, 0.717) is 19.4 Å². The summed E-state index contributed by atoms with van der Waals surface area (Å²) in [5.41, 5.74) is 7.71. The van der Waals surface area contributed by atoms with E-state index in [2.05, 4.69) is 5.32 Å². The predicted molar refractivity (Wildman–Crippen MR) is 60.7 cm³/mol.